The van der Waals surface area contributed by atoms with Gasteiger partial charge in [0.25, 0.3) is 0 Å². The lowest BCUT2D eigenvalue weighted by atomic mass is 10.2. The van der Waals surface area contributed by atoms with Crippen LogP contribution in [0.3, 0.4) is 0 Å². The highest BCUT2D eigenvalue weighted by Crippen LogP contribution is 2.27. The number of benzene rings is 1. The van der Waals surface area contributed by atoms with Gasteiger partial charge in [0.1, 0.15) is 5.82 Å². The minimum atomic E-state index is -0.314. The number of nitrogens with one attached hydrogen (secondary N) is 2. The second-order valence-electron chi connectivity index (χ2n) is 5.00. The molecule has 0 saturated heterocycles. The molecular formula is C14H17FN4OS2. The van der Waals surface area contributed by atoms with Crippen molar-refractivity contribution in [3.63, 3.8) is 0 Å². The van der Waals surface area contributed by atoms with E-state index in [0.29, 0.717) is 33.4 Å². The molecule has 0 bridgehead atoms. The van der Waals surface area contributed by atoms with E-state index in [0.717, 1.165) is 0 Å². The van der Waals surface area contributed by atoms with Gasteiger partial charge in [-0.25, -0.2) is 4.39 Å². The molecule has 0 radical (unpaired) electrons. The fraction of sp³-hybridized carbons (Fsp3) is 0.357. The molecule has 0 spiro atoms. The van der Waals surface area contributed by atoms with Gasteiger partial charge in [0, 0.05) is 12.2 Å². The molecule has 0 aliphatic rings. The average Bonchev–Trinajstić information content (AvgIpc) is 2.90. The summed E-state index contributed by atoms with van der Waals surface area (Å²) in [6, 6.07) is 6.12. The number of carbonyl (C=O) groups excluding carboxylic acids is 1. The minimum absolute atomic E-state index is 0.0199. The molecule has 1 aromatic carbocycles. The number of rotatable bonds is 7. The van der Waals surface area contributed by atoms with Crippen molar-refractivity contribution < 1.29 is 9.18 Å². The zero-order chi connectivity index (χ0) is 15.9. The number of amides is 1. The number of thioether (sulfide) groups is 1. The number of carbonyl (C=O) groups is 1. The quantitative estimate of drug-likeness (QED) is 0.757. The van der Waals surface area contributed by atoms with Crippen molar-refractivity contribution in [3.05, 3.63) is 30.1 Å². The third kappa shape index (κ3) is 5.61. The zero-order valence-electron chi connectivity index (χ0n) is 12.3. The molecule has 0 aliphatic carbocycles. The maximum absolute atomic E-state index is 13.1. The van der Waals surface area contributed by atoms with E-state index in [9.17, 15) is 9.18 Å². The van der Waals surface area contributed by atoms with Crippen molar-refractivity contribution in [2.75, 3.05) is 17.6 Å². The van der Waals surface area contributed by atoms with Crippen LogP contribution >= 0.6 is 23.1 Å². The molecule has 0 aliphatic heterocycles. The summed E-state index contributed by atoms with van der Waals surface area (Å²) >= 11 is 2.66. The monoisotopic (exact) mass is 340 g/mol. The molecule has 0 unspecified atom stereocenters. The van der Waals surface area contributed by atoms with E-state index in [2.05, 4.69) is 20.8 Å². The third-order valence-electron chi connectivity index (χ3n) is 2.52. The Labute approximate surface area is 136 Å². The molecule has 0 fully saturated rings. The van der Waals surface area contributed by atoms with Gasteiger partial charge in [0.2, 0.25) is 11.0 Å². The van der Waals surface area contributed by atoms with Gasteiger partial charge in [0.05, 0.1) is 5.75 Å². The van der Waals surface area contributed by atoms with Gasteiger partial charge in [-0.05, 0) is 24.1 Å². The predicted octanol–water partition coefficient (Wildman–Crippen LogP) is 3.29. The highest BCUT2D eigenvalue weighted by Gasteiger charge is 2.09. The second-order valence-corrected chi connectivity index (χ2v) is 7.20. The van der Waals surface area contributed by atoms with E-state index in [-0.39, 0.29) is 11.7 Å². The Bertz CT molecular complexity index is 633. The summed E-state index contributed by atoms with van der Waals surface area (Å²) in [6.45, 7) is 4.76. The van der Waals surface area contributed by atoms with Crippen LogP contribution in [0.2, 0.25) is 0 Å². The lowest BCUT2D eigenvalue weighted by Gasteiger charge is -2.06. The average molecular weight is 340 g/mol. The van der Waals surface area contributed by atoms with Crippen LogP contribution in [-0.4, -0.2) is 28.4 Å². The molecule has 22 heavy (non-hydrogen) atoms. The first-order chi connectivity index (χ1) is 10.5. The van der Waals surface area contributed by atoms with Gasteiger partial charge in [-0.15, -0.1) is 10.2 Å². The number of halogens is 1. The molecule has 0 atom stereocenters. The molecule has 2 aromatic rings. The summed E-state index contributed by atoms with van der Waals surface area (Å²) in [6.07, 6.45) is 0. The molecule has 0 saturated carbocycles. The molecule has 1 heterocycles. The van der Waals surface area contributed by atoms with Gasteiger partial charge < -0.3 is 10.6 Å². The van der Waals surface area contributed by atoms with Crippen molar-refractivity contribution >= 4 is 39.8 Å². The van der Waals surface area contributed by atoms with Gasteiger partial charge >= 0.3 is 0 Å². The summed E-state index contributed by atoms with van der Waals surface area (Å²) < 4.78 is 13.8. The summed E-state index contributed by atoms with van der Waals surface area (Å²) in [5, 5.41) is 14.4. The molecule has 1 amide bonds. The van der Waals surface area contributed by atoms with E-state index < -0.39 is 0 Å². The molecule has 8 heteroatoms. The van der Waals surface area contributed by atoms with Crippen molar-refractivity contribution in [1.82, 2.24) is 15.5 Å². The van der Waals surface area contributed by atoms with Crippen molar-refractivity contribution in [2.45, 2.75) is 18.2 Å². The zero-order valence-corrected chi connectivity index (χ0v) is 13.9. The van der Waals surface area contributed by atoms with E-state index in [1.165, 1.54) is 35.2 Å². The smallest absolute Gasteiger partial charge is 0.230 e. The van der Waals surface area contributed by atoms with Crippen LogP contribution in [0.5, 0.6) is 0 Å². The van der Waals surface area contributed by atoms with Crippen LogP contribution < -0.4 is 10.6 Å². The first-order valence-corrected chi connectivity index (χ1v) is 8.58. The van der Waals surface area contributed by atoms with E-state index >= 15 is 0 Å². The maximum atomic E-state index is 13.1. The summed E-state index contributed by atoms with van der Waals surface area (Å²) in [7, 11) is 0. The first kappa shape index (κ1) is 16.7. The fourth-order valence-electron chi connectivity index (χ4n) is 1.50. The largest absolute Gasteiger partial charge is 0.355 e. The molecule has 118 valence electrons. The highest BCUT2D eigenvalue weighted by atomic mass is 32.2. The Balaban J connectivity index is 1.82. The Morgan fingerprint density at radius 2 is 2.23 bits per heavy atom. The Morgan fingerprint density at radius 1 is 1.41 bits per heavy atom. The SMILES string of the molecule is CC(C)CNC(=O)CSc1nnc(Nc2cccc(F)c2)s1. The van der Waals surface area contributed by atoms with Gasteiger partial charge in [-0.1, -0.05) is 43.0 Å². The maximum Gasteiger partial charge on any atom is 0.230 e. The van der Waals surface area contributed by atoms with Gasteiger partial charge in [-0.3, -0.25) is 4.79 Å². The van der Waals surface area contributed by atoms with Gasteiger partial charge in [0.15, 0.2) is 4.34 Å². The third-order valence-corrected chi connectivity index (χ3v) is 4.49. The first-order valence-electron chi connectivity index (χ1n) is 6.78. The number of aromatic nitrogens is 2. The molecule has 2 rings (SSSR count). The van der Waals surface area contributed by atoms with Crippen LogP contribution in [0.1, 0.15) is 13.8 Å². The van der Waals surface area contributed by atoms with Crippen molar-refractivity contribution in [2.24, 2.45) is 5.92 Å². The number of anilines is 2. The normalized spacial score (nSPS) is 10.7. The molecule has 5 nitrogen and oxygen atoms in total. The van der Waals surface area contributed by atoms with Crippen LogP contribution in [0.15, 0.2) is 28.6 Å². The lowest BCUT2D eigenvalue weighted by molar-refractivity contribution is -0.118. The van der Waals surface area contributed by atoms with Crippen molar-refractivity contribution in [1.29, 1.82) is 0 Å². The van der Waals surface area contributed by atoms with E-state index in [1.54, 1.807) is 12.1 Å². The summed E-state index contributed by atoms with van der Waals surface area (Å²) in [5.41, 5.74) is 0.613. The number of hydrogen-bond donors (Lipinski definition) is 2. The highest BCUT2D eigenvalue weighted by molar-refractivity contribution is 8.01. The lowest BCUT2D eigenvalue weighted by Crippen LogP contribution is -2.28. The van der Waals surface area contributed by atoms with Crippen molar-refractivity contribution in [3.8, 4) is 0 Å². The Morgan fingerprint density at radius 3 is 2.95 bits per heavy atom. The Kier molecular flexibility index (Phi) is 6.14. The predicted molar refractivity (Wildman–Crippen MR) is 88.2 cm³/mol. The van der Waals surface area contributed by atoms with Crippen LogP contribution in [-0.2, 0) is 4.79 Å². The minimum Gasteiger partial charge on any atom is -0.355 e. The topological polar surface area (TPSA) is 66.9 Å². The van der Waals surface area contributed by atoms with Crippen LogP contribution in [0.25, 0.3) is 0 Å². The van der Waals surface area contributed by atoms with E-state index in [4.69, 9.17) is 0 Å². The summed E-state index contributed by atoms with van der Waals surface area (Å²) in [5.74, 6) is 0.401. The van der Waals surface area contributed by atoms with Crippen LogP contribution in [0.4, 0.5) is 15.2 Å². The fourth-order valence-corrected chi connectivity index (χ4v) is 3.11. The number of hydrogen-bond acceptors (Lipinski definition) is 6. The molecular weight excluding hydrogens is 323 g/mol. The molecule has 2 N–H and O–H groups in total. The standard InChI is InChI=1S/C14H17FN4OS2/c1-9(2)7-16-12(20)8-21-14-19-18-13(22-14)17-11-5-3-4-10(15)6-11/h3-6,9H,7-8H2,1-2H3,(H,16,20)(H,17,18). The van der Waals surface area contributed by atoms with Crippen LogP contribution in [0, 0.1) is 11.7 Å². The van der Waals surface area contributed by atoms with Gasteiger partial charge in [-0.2, -0.15) is 0 Å². The Hall–Kier alpha value is -1.67. The second kappa shape index (κ2) is 8.09. The molecule has 1 aromatic heterocycles. The van der Waals surface area contributed by atoms with E-state index in [1.807, 2.05) is 13.8 Å². The number of nitrogens with zero attached hydrogens (tertiary/aromatic N) is 2. The summed E-state index contributed by atoms with van der Waals surface area (Å²) in [4.78, 5) is 11.6.